The molecule has 0 aromatic heterocycles. The summed E-state index contributed by atoms with van der Waals surface area (Å²) in [7, 11) is 0. The number of amides is 1. The second kappa shape index (κ2) is 6.76. The first-order valence-electron chi connectivity index (χ1n) is 7.07. The number of anilines is 1. The summed E-state index contributed by atoms with van der Waals surface area (Å²) < 4.78 is 0. The van der Waals surface area contributed by atoms with Crippen LogP contribution in [0.4, 0.5) is 5.69 Å². The Balaban J connectivity index is 2.10. The summed E-state index contributed by atoms with van der Waals surface area (Å²) in [5.74, 6) is 0.0375. The zero-order valence-corrected chi connectivity index (χ0v) is 12.3. The topological polar surface area (TPSA) is 64.9 Å². The number of carbonyl (C=O) groups excluding carboxylic acids is 1. The molecule has 2 aromatic carbocycles. The summed E-state index contributed by atoms with van der Waals surface area (Å²) in [5.41, 5.74) is 1.61. The third-order valence-electron chi connectivity index (χ3n) is 3.16. The van der Waals surface area contributed by atoms with Gasteiger partial charge in [-0.25, -0.2) is 0 Å². The van der Waals surface area contributed by atoms with E-state index in [1.54, 1.807) is 6.07 Å². The van der Waals surface area contributed by atoms with Crippen molar-refractivity contribution in [2.75, 3.05) is 11.9 Å². The van der Waals surface area contributed by atoms with Crippen molar-refractivity contribution >= 4 is 22.4 Å². The number of rotatable bonds is 5. The van der Waals surface area contributed by atoms with Crippen LogP contribution in [0.25, 0.3) is 10.8 Å². The zero-order valence-electron chi connectivity index (χ0n) is 12.3. The second-order valence-electron chi connectivity index (χ2n) is 5.22. The third kappa shape index (κ3) is 3.73. The maximum atomic E-state index is 11.6. The van der Waals surface area contributed by atoms with Crippen LogP contribution in [0.3, 0.4) is 0 Å². The van der Waals surface area contributed by atoms with Gasteiger partial charge in [0.1, 0.15) is 0 Å². The van der Waals surface area contributed by atoms with Crippen LogP contribution in [0.15, 0.2) is 36.4 Å². The lowest BCUT2D eigenvalue weighted by molar-refractivity contribution is -0.121. The van der Waals surface area contributed by atoms with Gasteiger partial charge in [0.15, 0.2) is 0 Å². The van der Waals surface area contributed by atoms with Crippen molar-refractivity contribution in [3.05, 3.63) is 42.0 Å². The highest BCUT2D eigenvalue weighted by Gasteiger charge is 2.06. The molecule has 21 heavy (non-hydrogen) atoms. The molecule has 0 unspecified atom stereocenters. The molecule has 0 saturated carbocycles. The van der Waals surface area contributed by atoms with Gasteiger partial charge in [0.05, 0.1) is 11.6 Å². The fourth-order valence-electron chi connectivity index (χ4n) is 2.26. The number of hydrogen-bond donors (Lipinski definition) is 2. The minimum atomic E-state index is 0.0375. The predicted octanol–water partition coefficient (Wildman–Crippen LogP) is 3.04. The van der Waals surface area contributed by atoms with E-state index >= 15 is 0 Å². The molecule has 0 heterocycles. The fraction of sp³-hybridized carbons (Fsp3) is 0.294. The number of benzene rings is 2. The minimum Gasteiger partial charge on any atom is -0.384 e. The van der Waals surface area contributed by atoms with Crippen molar-refractivity contribution in [1.29, 1.82) is 5.26 Å². The Kier molecular flexibility index (Phi) is 4.78. The lowest BCUT2D eigenvalue weighted by atomic mass is 10.0. The first-order chi connectivity index (χ1) is 10.1. The Morgan fingerprint density at radius 2 is 1.90 bits per heavy atom. The summed E-state index contributed by atoms with van der Waals surface area (Å²) >= 11 is 0. The summed E-state index contributed by atoms with van der Waals surface area (Å²) in [6, 6.07) is 13.8. The molecule has 0 aliphatic carbocycles. The van der Waals surface area contributed by atoms with E-state index in [4.69, 9.17) is 5.26 Å². The van der Waals surface area contributed by atoms with Crippen LogP contribution < -0.4 is 10.6 Å². The lowest BCUT2D eigenvalue weighted by Crippen LogP contribution is -2.31. The van der Waals surface area contributed by atoms with Gasteiger partial charge in [-0.2, -0.15) is 5.26 Å². The molecule has 2 N–H and O–H groups in total. The molecule has 0 aliphatic rings. The first kappa shape index (κ1) is 14.9. The van der Waals surface area contributed by atoms with E-state index in [-0.39, 0.29) is 11.9 Å². The van der Waals surface area contributed by atoms with Crippen molar-refractivity contribution in [3.63, 3.8) is 0 Å². The van der Waals surface area contributed by atoms with Crippen molar-refractivity contribution in [2.24, 2.45) is 0 Å². The van der Waals surface area contributed by atoms with E-state index in [9.17, 15) is 4.79 Å². The number of nitriles is 1. The minimum absolute atomic E-state index is 0.0375. The van der Waals surface area contributed by atoms with Gasteiger partial charge in [-0.05, 0) is 26.0 Å². The van der Waals surface area contributed by atoms with Crippen LogP contribution in [0.5, 0.6) is 0 Å². The van der Waals surface area contributed by atoms with E-state index in [1.165, 1.54) is 0 Å². The molecule has 0 fully saturated rings. The highest BCUT2D eigenvalue weighted by molar-refractivity contribution is 5.97. The molecule has 2 aromatic rings. The summed E-state index contributed by atoms with van der Waals surface area (Å²) in [6.45, 7) is 4.45. The Morgan fingerprint density at radius 1 is 1.19 bits per heavy atom. The Morgan fingerprint density at radius 3 is 2.57 bits per heavy atom. The number of hydrogen-bond acceptors (Lipinski definition) is 3. The van der Waals surface area contributed by atoms with Crippen molar-refractivity contribution < 1.29 is 4.79 Å². The average Bonchev–Trinajstić information content (AvgIpc) is 2.46. The number of nitrogens with one attached hydrogen (secondary N) is 2. The van der Waals surface area contributed by atoms with Crippen LogP contribution in [0, 0.1) is 11.3 Å². The quantitative estimate of drug-likeness (QED) is 0.885. The summed E-state index contributed by atoms with van der Waals surface area (Å²) in [4.78, 5) is 11.6. The van der Waals surface area contributed by atoms with Gasteiger partial charge in [0.25, 0.3) is 0 Å². The summed E-state index contributed by atoms with van der Waals surface area (Å²) in [5, 5.41) is 17.2. The zero-order chi connectivity index (χ0) is 15.2. The van der Waals surface area contributed by atoms with Crippen molar-refractivity contribution in [2.45, 2.75) is 26.3 Å². The molecule has 0 spiro atoms. The predicted molar refractivity (Wildman–Crippen MR) is 85.0 cm³/mol. The monoisotopic (exact) mass is 281 g/mol. The van der Waals surface area contributed by atoms with Crippen LogP contribution in [0.1, 0.15) is 25.8 Å². The van der Waals surface area contributed by atoms with Crippen LogP contribution >= 0.6 is 0 Å². The third-order valence-corrected chi connectivity index (χ3v) is 3.16. The van der Waals surface area contributed by atoms with E-state index in [2.05, 4.69) is 16.7 Å². The van der Waals surface area contributed by atoms with Crippen LogP contribution in [-0.4, -0.2) is 18.5 Å². The van der Waals surface area contributed by atoms with Crippen molar-refractivity contribution in [3.8, 4) is 6.07 Å². The standard InChI is InChI=1S/C17H19N3O/c1-12(2)20-17(21)9-10-19-16-8-7-13(11-18)14-5-3-4-6-15(14)16/h3-8,12,19H,9-10H2,1-2H3,(H,20,21). The van der Waals surface area contributed by atoms with Gasteiger partial charge in [-0.3, -0.25) is 4.79 Å². The van der Waals surface area contributed by atoms with Gasteiger partial charge >= 0.3 is 0 Å². The molecule has 108 valence electrons. The molecule has 0 aliphatic heterocycles. The van der Waals surface area contributed by atoms with E-state index in [1.807, 2.05) is 44.2 Å². The van der Waals surface area contributed by atoms with E-state index in [0.29, 0.717) is 18.5 Å². The maximum absolute atomic E-state index is 11.6. The summed E-state index contributed by atoms with van der Waals surface area (Å²) in [6.07, 6.45) is 0.423. The lowest BCUT2D eigenvalue weighted by Gasteiger charge is -2.12. The molecule has 0 saturated heterocycles. The molecule has 2 rings (SSSR count). The first-order valence-corrected chi connectivity index (χ1v) is 7.07. The smallest absolute Gasteiger partial charge is 0.221 e. The number of fused-ring (bicyclic) bond motifs is 1. The van der Waals surface area contributed by atoms with Gasteiger partial charge in [-0.1, -0.05) is 24.3 Å². The normalized spacial score (nSPS) is 10.4. The largest absolute Gasteiger partial charge is 0.384 e. The Bertz CT molecular complexity index is 686. The van der Waals surface area contributed by atoms with Gasteiger partial charge in [0.2, 0.25) is 5.91 Å². The number of carbonyl (C=O) groups is 1. The molecule has 0 radical (unpaired) electrons. The van der Waals surface area contributed by atoms with Crippen LogP contribution in [0.2, 0.25) is 0 Å². The molecule has 1 amide bonds. The average molecular weight is 281 g/mol. The van der Waals surface area contributed by atoms with Crippen LogP contribution in [-0.2, 0) is 4.79 Å². The van der Waals surface area contributed by atoms with Gasteiger partial charge in [0, 0.05) is 35.5 Å². The van der Waals surface area contributed by atoms with E-state index < -0.39 is 0 Å². The number of nitrogens with zero attached hydrogens (tertiary/aromatic N) is 1. The molecule has 4 nitrogen and oxygen atoms in total. The maximum Gasteiger partial charge on any atom is 0.221 e. The highest BCUT2D eigenvalue weighted by Crippen LogP contribution is 2.26. The second-order valence-corrected chi connectivity index (χ2v) is 5.22. The SMILES string of the molecule is CC(C)NC(=O)CCNc1ccc(C#N)c2ccccc12. The molecular weight excluding hydrogens is 262 g/mol. The van der Waals surface area contributed by atoms with Gasteiger partial charge in [-0.15, -0.1) is 0 Å². The highest BCUT2D eigenvalue weighted by atomic mass is 16.1. The van der Waals surface area contributed by atoms with Crippen molar-refractivity contribution in [1.82, 2.24) is 5.32 Å². The Hall–Kier alpha value is -2.54. The Labute approximate surface area is 124 Å². The fourth-order valence-corrected chi connectivity index (χ4v) is 2.26. The molecule has 0 bridgehead atoms. The molecule has 4 heteroatoms. The van der Waals surface area contributed by atoms with Gasteiger partial charge < -0.3 is 10.6 Å². The molecular formula is C17H19N3O. The molecule has 0 atom stereocenters. The van der Waals surface area contributed by atoms with E-state index in [0.717, 1.165) is 16.5 Å².